The van der Waals surface area contributed by atoms with E-state index in [1.807, 2.05) is 13.8 Å². The van der Waals surface area contributed by atoms with Crippen molar-refractivity contribution < 1.29 is 109 Å². The van der Waals surface area contributed by atoms with Gasteiger partial charge in [-0.3, -0.25) is 24.0 Å². The molecule has 3 spiro atoms. The molecule has 0 N–H and O–H groups in total. The number of hydrogen-bond donors (Lipinski definition) is 0. The van der Waals surface area contributed by atoms with Crippen LogP contribution in [-0.4, -0.2) is 212 Å². The minimum Gasteiger partial charge on any atom is -0.462 e. The average Bonchev–Trinajstić information content (AvgIpc) is 1.77. The molecular weight excluding hydrogens is 1120 g/mol. The lowest BCUT2D eigenvalue weighted by Crippen LogP contribution is -2.62. The second kappa shape index (κ2) is 21.9. The number of ketones is 2. The third-order valence-corrected chi connectivity index (χ3v) is 22.8. The van der Waals surface area contributed by atoms with Crippen LogP contribution in [0.3, 0.4) is 0 Å². The molecule has 33 unspecified atom stereocenters. The topological polar surface area (TPSA) is 251 Å². The van der Waals surface area contributed by atoms with Crippen molar-refractivity contribution in [3.05, 3.63) is 0 Å². The van der Waals surface area contributed by atoms with Gasteiger partial charge in [0, 0.05) is 96.3 Å². The van der Waals surface area contributed by atoms with Crippen LogP contribution in [0.2, 0.25) is 0 Å². The third kappa shape index (κ3) is 10.3. The molecule has 0 aromatic rings. The molecule has 86 heavy (non-hydrogen) atoms. The van der Waals surface area contributed by atoms with Crippen LogP contribution >= 0.6 is 0 Å². The van der Waals surface area contributed by atoms with Crippen molar-refractivity contribution in [2.75, 3.05) is 6.61 Å². The Balaban J connectivity index is 0.610. The molecule has 0 aliphatic carbocycles. The lowest BCUT2D eigenvalue weighted by atomic mass is 9.78. The highest BCUT2D eigenvalue weighted by molar-refractivity contribution is 5.86. The zero-order valence-electron chi connectivity index (χ0n) is 50.1. The van der Waals surface area contributed by atoms with Gasteiger partial charge in [0.1, 0.15) is 61.5 Å². The first kappa shape index (κ1) is 58.3. The van der Waals surface area contributed by atoms with Gasteiger partial charge in [-0.05, 0) is 50.4 Å². The van der Waals surface area contributed by atoms with Crippen molar-refractivity contribution in [3.8, 4) is 0 Å². The minimum atomic E-state index is -0.987. The summed E-state index contributed by atoms with van der Waals surface area (Å²) in [6, 6.07) is 0. The van der Waals surface area contributed by atoms with Gasteiger partial charge in [0.05, 0.1) is 104 Å². The van der Waals surface area contributed by atoms with E-state index in [4.69, 9.17) is 85.3 Å². The number of rotatable bonds is 4. The van der Waals surface area contributed by atoms with Crippen LogP contribution in [0, 0.1) is 23.7 Å². The van der Waals surface area contributed by atoms with Crippen molar-refractivity contribution >= 4 is 29.5 Å². The summed E-state index contributed by atoms with van der Waals surface area (Å²) < 4.78 is 120. The third-order valence-electron chi connectivity index (χ3n) is 22.8. The highest BCUT2D eigenvalue weighted by atomic mass is 16.8. The van der Waals surface area contributed by atoms with E-state index in [2.05, 4.69) is 13.8 Å². The molecule has 0 amide bonds. The van der Waals surface area contributed by atoms with Crippen molar-refractivity contribution in [2.45, 2.75) is 333 Å². The van der Waals surface area contributed by atoms with Gasteiger partial charge >= 0.3 is 17.9 Å². The van der Waals surface area contributed by atoms with Crippen molar-refractivity contribution in [3.63, 3.8) is 0 Å². The number of carbonyl (C=O) groups excluding carboxylic acids is 5. The lowest BCUT2D eigenvalue weighted by molar-refractivity contribution is -0.369. The summed E-state index contributed by atoms with van der Waals surface area (Å²) in [5, 5.41) is 0. The van der Waals surface area contributed by atoms with Crippen LogP contribution < -0.4 is 0 Å². The van der Waals surface area contributed by atoms with Gasteiger partial charge < -0.3 is 85.3 Å². The molecule has 17 rings (SSSR count). The number of ether oxygens (including phenoxy) is 18. The van der Waals surface area contributed by atoms with E-state index >= 15 is 0 Å². The zero-order valence-corrected chi connectivity index (χ0v) is 50.1. The molecule has 17 fully saturated rings. The summed E-state index contributed by atoms with van der Waals surface area (Å²) in [6.07, 6.45) is -2.22. The fourth-order valence-electron chi connectivity index (χ4n) is 19.1. The van der Waals surface area contributed by atoms with Gasteiger partial charge in [-0.1, -0.05) is 27.7 Å². The van der Waals surface area contributed by atoms with Crippen LogP contribution in [0.25, 0.3) is 0 Å². The summed E-state index contributed by atoms with van der Waals surface area (Å²) in [5.41, 5.74) is 0. The predicted molar refractivity (Wildman–Crippen MR) is 287 cm³/mol. The summed E-state index contributed by atoms with van der Waals surface area (Å²) in [5.74, 6) is -4.66. The maximum absolute atomic E-state index is 14.6. The van der Waals surface area contributed by atoms with Gasteiger partial charge in [-0.25, -0.2) is 0 Å². The Labute approximate surface area is 500 Å². The van der Waals surface area contributed by atoms with Crippen molar-refractivity contribution in [1.29, 1.82) is 0 Å². The molecule has 12 bridgehead atoms. The van der Waals surface area contributed by atoms with E-state index < -0.39 is 102 Å². The molecule has 17 saturated heterocycles. The Morgan fingerprint density at radius 1 is 0.465 bits per heavy atom. The Kier molecular flexibility index (Phi) is 14.8. The van der Waals surface area contributed by atoms with Gasteiger partial charge in [0.25, 0.3) is 0 Å². The van der Waals surface area contributed by atoms with E-state index in [9.17, 15) is 24.0 Å². The maximum atomic E-state index is 14.6. The van der Waals surface area contributed by atoms with E-state index in [1.54, 1.807) is 0 Å². The van der Waals surface area contributed by atoms with Gasteiger partial charge in [0.2, 0.25) is 0 Å². The molecule has 0 aromatic carbocycles. The molecule has 23 nitrogen and oxygen atoms in total. The molecule has 17 aliphatic heterocycles. The molecule has 476 valence electrons. The summed E-state index contributed by atoms with van der Waals surface area (Å²) >= 11 is 0. The molecule has 17 aliphatic rings. The number of hydrogen-bond acceptors (Lipinski definition) is 23. The fraction of sp³-hybridized carbons (Fsp3) is 0.921. The molecule has 33 atom stereocenters. The predicted octanol–water partition coefficient (Wildman–Crippen LogP) is 4.50. The zero-order chi connectivity index (χ0) is 58.9. The number of Topliss-reactive ketones (excluding diaryl/α,β-unsaturated/α-hetero) is 2. The van der Waals surface area contributed by atoms with Gasteiger partial charge in [-0.15, -0.1) is 0 Å². The first-order chi connectivity index (χ1) is 41.3. The maximum Gasteiger partial charge on any atom is 0.308 e. The van der Waals surface area contributed by atoms with Crippen LogP contribution in [0.1, 0.15) is 157 Å². The van der Waals surface area contributed by atoms with Crippen LogP contribution in [0.5, 0.6) is 0 Å². The Hall–Kier alpha value is -2.85. The lowest BCUT2D eigenvalue weighted by Gasteiger charge is -2.54. The first-order valence-electron chi connectivity index (χ1n) is 32.8. The van der Waals surface area contributed by atoms with Crippen molar-refractivity contribution in [1.82, 2.24) is 0 Å². The molecule has 23 heteroatoms. The highest BCUT2D eigenvalue weighted by Crippen LogP contribution is 2.58. The Morgan fingerprint density at radius 2 is 1.12 bits per heavy atom. The summed E-state index contributed by atoms with van der Waals surface area (Å²) in [7, 11) is 0. The minimum absolute atomic E-state index is 0.00816. The Morgan fingerprint density at radius 3 is 1.95 bits per heavy atom. The number of esters is 3. The molecule has 17 heterocycles. The Bertz CT molecular complexity index is 2660. The van der Waals surface area contributed by atoms with Gasteiger partial charge in [-0.2, -0.15) is 0 Å². The van der Waals surface area contributed by atoms with Crippen molar-refractivity contribution in [2.24, 2.45) is 23.7 Å². The number of fused-ring (bicyclic) bond motifs is 11. The SMILES string of the molecule is CC(=O)OCC(OC(C)=O)C1CC2OC3C(C)CC4(CC(C)C5OC6(CC7OC8C(CC7O6)OC6CC7OC(CCC9OC(CCC%10%11CC%12OC%13C(OC%14CCC(CC(=O)OC6C8C)OC%14C%13O%10)C%12O%11)CC9=O)CC(C)C7=O)CC5O4)OC3CC2O1. The normalized spacial score (nSPS) is 55.5. The average molecular weight is 1210 g/mol. The molecule has 0 aromatic heterocycles. The second-order valence-corrected chi connectivity index (χ2v) is 28.9. The van der Waals surface area contributed by atoms with E-state index in [1.165, 1.54) is 13.8 Å². The van der Waals surface area contributed by atoms with Crippen LogP contribution in [0.15, 0.2) is 0 Å². The highest BCUT2D eigenvalue weighted by Gasteiger charge is 2.70. The monoisotopic (exact) mass is 1210 g/mol. The van der Waals surface area contributed by atoms with Gasteiger partial charge in [0.15, 0.2) is 35.0 Å². The quantitative estimate of drug-likeness (QED) is 0.278. The van der Waals surface area contributed by atoms with Crippen LogP contribution in [-0.2, 0) is 109 Å². The first-order valence-corrected chi connectivity index (χ1v) is 32.8. The standard InChI is InChI=1S/C63H86O23/c1-26-13-32-7-9-36-35(66)14-34(71-36)11-12-61-23-47-57(85-61)58-59(79-47)60(86-61)56-37(76-58)10-8-33(73-56)15-50(67)80-55-29(4)54-43(75-44(55)19-42(72-32)51(26)68)18-41-46(78-54)22-63(81-41)24-48-53(84-63)28(3)21-62(83-48)20-27(2)52-45(82-62)17-38-39(77-52)16-40(74-38)49(70-31(6)65)25-69-30(5)64/h26-29,32-34,36-49,52-60H,7-25H2,1-6H3. The van der Waals surface area contributed by atoms with E-state index in [0.717, 1.165) is 0 Å². The van der Waals surface area contributed by atoms with E-state index in [0.29, 0.717) is 103 Å². The fourth-order valence-corrected chi connectivity index (χ4v) is 19.1. The summed E-state index contributed by atoms with van der Waals surface area (Å²) in [4.78, 5) is 66.1. The summed E-state index contributed by atoms with van der Waals surface area (Å²) in [6.45, 7) is 10.9. The van der Waals surface area contributed by atoms with E-state index in [-0.39, 0.29) is 146 Å². The van der Waals surface area contributed by atoms with Crippen LogP contribution in [0.4, 0.5) is 0 Å². The molecular formula is C63H86O23. The molecule has 0 saturated carbocycles. The largest absolute Gasteiger partial charge is 0.462 e. The second-order valence-electron chi connectivity index (χ2n) is 28.9. The number of carbonyl (C=O) groups is 5. The molecule has 0 radical (unpaired) electrons. The smallest absolute Gasteiger partial charge is 0.308 e.